The number of hydrogen-bond acceptors (Lipinski definition) is 3. The molecular formula is C14H20N2O2S. The van der Waals surface area contributed by atoms with Crippen molar-refractivity contribution in [2.24, 2.45) is 0 Å². The molecule has 0 aliphatic carbocycles. The Kier molecular flexibility index (Phi) is 5.42. The molecule has 104 valence electrons. The molecular weight excluding hydrogens is 260 g/mol. The minimum absolute atomic E-state index is 0.249. The quantitative estimate of drug-likeness (QED) is 0.811. The fourth-order valence-electron chi connectivity index (χ4n) is 1.94. The predicted octanol–water partition coefficient (Wildman–Crippen LogP) is 2.55. The lowest BCUT2D eigenvalue weighted by molar-refractivity contribution is 0.0679. The summed E-state index contributed by atoms with van der Waals surface area (Å²) in [5.74, 6) is 0.857. The fraction of sp³-hybridized carbons (Fsp3) is 0.500. The molecule has 19 heavy (non-hydrogen) atoms. The average molecular weight is 280 g/mol. The van der Waals surface area contributed by atoms with Gasteiger partial charge in [-0.2, -0.15) is 0 Å². The Morgan fingerprint density at radius 1 is 1.42 bits per heavy atom. The van der Waals surface area contributed by atoms with Gasteiger partial charge in [-0.05, 0) is 56.2 Å². The van der Waals surface area contributed by atoms with Crippen LogP contribution in [0.5, 0.6) is 5.75 Å². The van der Waals surface area contributed by atoms with Gasteiger partial charge >= 0.3 is 0 Å². The number of thiocarbonyl (C=S) groups is 1. The second-order valence-corrected chi connectivity index (χ2v) is 4.86. The van der Waals surface area contributed by atoms with Crippen LogP contribution in [0.4, 0.5) is 5.69 Å². The molecule has 0 radical (unpaired) electrons. The third-order valence-corrected chi connectivity index (χ3v) is 3.16. The van der Waals surface area contributed by atoms with Crippen molar-refractivity contribution in [3.8, 4) is 5.75 Å². The maximum absolute atomic E-state index is 5.70. The maximum Gasteiger partial charge on any atom is 0.170 e. The summed E-state index contributed by atoms with van der Waals surface area (Å²) < 4.78 is 11.2. The maximum atomic E-state index is 5.70. The van der Waals surface area contributed by atoms with Gasteiger partial charge in [-0.3, -0.25) is 0 Å². The van der Waals surface area contributed by atoms with Gasteiger partial charge in [-0.1, -0.05) is 0 Å². The normalized spacial score (nSPS) is 18.1. The van der Waals surface area contributed by atoms with Crippen molar-refractivity contribution >= 4 is 23.0 Å². The van der Waals surface area contributed by atoms with E-state index in [1.807, 2.05) is 31.2 Å². The molecule has 4 nitrogen and oxygen atoms in total. The van der Waals surface area contributed by atoms with E-state index in [0.717, 1.165) is 37.4 Å². The minimum Gasteiger partial charge on any atom is -0.491 e. The van der Waals surface area contributed by atoms with Crippen LogP contribution in [0, 0.1) is 0 Å². The van der Waals surface area contributed by atoms with Gasteiger partial charge in [0.15, 0.2) is 5.11 Å². The van der Waals surface area contributed by atoms with Crippen molar-refractivity contribution < 1.29 is 9.47 Å². The van der Waals surface area contributed by atoms with E-state index in [1.165, 1.54) is 0 Å². The first-order chi connectivity index (χ1) is 9.28. The number of ether oxygens (including phenoxy) is 2. The van der Waals surface area contributed by atoms with Crippen molar-refractivity contribution in [2.75, 3.05) is 25.1 Å². The predicted molar refractivity (Wildman–Crippen MR) is 80.8 cm³/mol. The van der Waals surface area contributed by atoms with Crippen molar-refractivity contribution in [1.82, 2.24) is 5.32 Å². The molecule has 1 atom stereocenters. The molecule has 1 aromatic rings. The molecule has 1 aliphatic heterocycles. The second-order valence-electron chi connectivity index (χ2n) is 4.45. The highest BCUT2D eigenvalue weighted by atomic mass is 32.1. The van der Waals surface area contributed by atoms with E-state index in [4.69, 9.17) is 21.7 Å². The van der Waals surface area contributed by atoms with Gasteiger partial charge in [-0.25, -0.2) is 0 Å². The zero-order valence-electron chi connectivity index (χ0n) is 11.1. The molecule has 0 spiro atoms. The largest absolute Gasteiger partial charge is 0.491 e. The molecule has 0 unspecified atom stereocenters. The van der Waals surface area contributed by atoms with Crippen LogP contribution in [-0.2, 0) is 4.74 Å². The fourth-order valence-corrected chi connectivity index (χ4v) is 2.20. The van der Waals surface area contributed by atoms with E-state index in [9.17, 15) is 0 Å². The van der Waals surface area contributed by atoms with Gasteiger partial charge in [0.05, 0.1) is 6.10 Å². The molecule has 1 saturated heterocycles. The summed E-state index contributed by atoms with van der Waals surface area (Å²) in [5, 5.41) is 6.79. The molecule has 2 N–H and O–H groups in total. The first-order valence-electron chi connectivity index (χ1n) is 6.67. The van der Waals surface area contributed by atoms with Crippen LogP contribution in [0.2, 0.25) is 0 Å². The standard InChI is InChI=1S/C14H20N2O2S/c1-2-15-14(19)16-11-5-7-12(8-6-11)18-10-13-4-3-9-17-13/h5-8,13H,2-4,9-10H2,1H3,(H2,15,16,19)/t13-/m1/s1. The van der Waals surface area contributed by atoms with Crippen molar-refractivity contribution in [1.29, 1.82) is 0 Å². The second kappa shape index (κ2) is 7.31. The van der Waals surface area contributed by atoms with E-state index >= 15 is 0 Å². The van der Waals surface area contributed by atoms with Crippen molar-refractivity contribution in [3.05, 3.63) is 24.3 Å². The summed E-state index contributed by atoms with van der Waals surface area (Å²) in [7, 11) is 0. The summed E-state index contributed by atoms with van der Waals surface area (Å²) >= 11 is 5.12. The molecule has 0 saturated carbocycles. The smallest absolute Gasteiger partial charge is 0.170 e. The highest BCUT2D eigenvalue weighted by molar-refractivity contribution is 7.80. The number of nitrogens with one attached hydrogen (secondary N) is 2. The van der Waals surface area contributed by atoms with Crippen LogP contribution < -0.4 is 15.4 Å². The van der Waals surface area contributed by atoms with Crippen LogP contribution in [0.15, 0.2) is 24.3 Å². The van der Waals surface area contributed by atoms with Gasteiger partial charge in [0.1, 0.15) is 12.4 Å². The minimum atomic E-state index is 0.249. The highest BCUT2D eigenvalue weighted by Crippen LogP contribution is 2.18. The molecule has 2 rings (SSSR count). The number of rotatable bonds is 5. The van der Waals surface area contributed by atoms with Crippen LogP contribution in [0.3, 0.4) is 0 Å². The Morgan fingerprint density at radius 2 is 2.21 bits per heavy atom. The highest BCUT2D eigenvalue weighted by Gasteiger charge is 2.15. The van der Waals surface area contributed by atoms with E-state index < -0.39 is 0 Å². The first kappa shape index (κ1) is 14.1. The third-order valence-electron chi connectivity index (χ3n) is 2.91. The summed E-state index contributed by atoms with van der Waals surface area (Å²) in [6.07, 6.45) is 2.48. The first-order valence-corrected chi connectivity index (χ1v) is 7.08. The van der Waals surface area contributed by atoms with E-state index in [2.05, 4.69) is 10.6 Å². The molecule has 1 fully saturated rings. The van der Waals surface area contributed by atoms with Crippen LogP contribution in [0.1, 0.15) is 19.8 Å². The molecule has 1 aromatic carbocycles. The van der Waals surface area contributed by atoms with Gasteiger partial charge in [0.2, 0.25) is 0 Å². The Balaban J connectivity index is 1.78. The molecule has 0 bridgehead atoms. The van der Waals surface area contributed by atoms with Crippen LogP contribution in [0.25, 0.3) is 0 Å². The van der Waals surface area contributed by atoms with Crippen molar-refractivity contribution in [2.45, 2.75) is 25.9 Å². The summed E-state index contributed by atoms with van der Waals surface area (Å²) in [6.45, 7) is 4.31. The molecule has 1 aliphatic rings. The van der Waals surface area contributed by atoms with E-state index in [-0.39, 0.29) is 6.10 Å². The lowest BCUT2D eigenvalue weighted by atomic mass is 10.2. The lowest BCUT2D eigenvalue weighted by Crippen LogP contribution is -2.27. The van der Waals surface area contributed by atoms with E-state index in [0.29, 0.717) is 11.7 Å². The lowest BCUT2D eigenvalue weighted by Gasteiger charge is -2.12. The third kappa shape index (κ3) is 4.69. The number of benzene rings is 1. The topological polar surface area (TPSA) is 42.5 Å². The summed E-state index contributed by atoms with van der Waals surface area (Å²) in [4.78, 5) is 0. The Bertz CT molecular complexity index is 402. The Morgan fingerprint density at radius 3 is 2.84 bits per heavy atom. The number of anilines is 1. The van der Waals surface area contributed by atoms with Gasteiger partial charge < -0.3 is 20.1 Å². The molecule has 1 heterocycles. The van der Waals surface area contributed by atoms with Gasteiger partial charge in [0, 0.05) is 18.8 Å². The zero-order valence-corrected chi connectivity index (χ0v) is 12.0. The van der Waals surface area contributed by atoms with Crippen molar-refractivity contribution in [3.63, 3.8) is 0 Å². The monoisotopic (exact) mass is 280 g/mol. The average Bonchev–Trinajstić information content (AvgIpc) is 2.91. The zero-order chi connectivity index (χ0) is 13.5. The number of hydrogen-bond donors (Lipinski definition) is 2. The SMILES string of the molecule is CCNC(=S)Nc1ccc(OC[C@H]2CCCO2)cc1. The van der Waals surface area contributed by atoms with Gasteiger partial charge in [0.25, 0.3) is 0 Å². The molecule has 0 aromatic heterocycles. The van der Waals surface area contributed by atoms with E-state index in [1.54, 1.807) is 0 Å². The molecule has 5 heteroatoms. The summed E-state index contributed by atoms with van der Waals surface area (Å²) in [5.41, 5.74) is 0.954. The van der Waals surface area contributed by atoms with Crippen LogP contribution in [-0.4, -0.2) is 31.0 Å². The Labute approximate surface area is 119 Å². The van der Waals surface area contributed by atoms with Gasteiger partial charge in [-0.15, -0.1) is 0 Å². The Hall–Kier alpha value is -1.33. The molecule has 0 amide bonds. The summed E-state index contributed by atoms with van der Waals surface area (Å²) in [6, 6.07) is 7.78. The van der Waals surface area contributed by atoms with Crippen LogP contribution >= 0.6 is 12.2 Å².